The molecule has 1 saturated heterocycles. The van der Waals surface area contributed by atoms with Crippen molar-refractivity contribution in [3.05, 3.63) is 24.3 Å². The molecule has 1 aromatic rings. The Hall–Kier alpha value is -1.59. The van der Waals surface area contributed by atoms with Crippen molar-refractivity contribution in [1.29, 1.82) is 0 Å². The second-order valence-electron chi connectivity index (χ2n) is 4.22. The molecule has 1 aliphatic rings. The van der Waals surface area contributed by atoms with E-state index in [0.717, 1.165) is 0 Å². The summed E-state index contributed by atoms with van der Waals surface area (Å²) in [6.07, 6.45) is 0. The number of benzene rings is 1. The van der Waals surface area contributed by atoms with Gasteiger partial charge in [-0.2, -0.15) is 0 Å². The van der Waals surface area contributed by atoms with Gasteiger partial charge >= 0.3 is 0 Å². The van der Waals surface area contributed by atoms with Crippen molar-refractivity contribution in [2.45, 2.75) is 6.04 Å². The Morgan fingerprint density at radius 1 is 1.53 bits per heavy atom. The first-order valence-electron chi connectivity index (χ1n) is 5.49. The molecule has 17 heavy (non-hydrogen) atoms. The fraction of sp³-hybridized carbons (Fsp3) is 0.417. The summed E-state index contributed by atoms with van der Waals surface area (Å²) in [5, 5.41) is 9.37. The first kappa shape index (κ1) is 11.9. The number of anilines is 1. The predicted octanol–water partition coefficient (Wildman–Crippen LogP) is 0.329. The number of rotatable bonds is 2. The van der Waals surface area contributed by atoms with Crippen LogP contribution in [-0.2, 0) is 9.53 Å². The smallest absolute Gasteiger partial charge is 0.233 e. The van der Waals surface area contributed by atoms with E-state index < -0.39 is 0 Å². The maximum Gasteiger partial charge on any atom is 0.233 e. The lowest BCUT2D eigenvalue weighted by atomic mass is 10.0. The number of hydrogen-bond donors (Lipinski definition) is 2. The fourth-order valence-corrected chi connectivity index (χ4v) is 1.90. The number of amides is 1. The van der Waals surface area contributed by atoms with E-state index >= 15 is 0 Å². The SMILES string of the molecule is CN(C(=O)C1COCC1N)c1cccc(O)c1. The van der Waals surface area contributed by atoms with E-state index in [9.17, 15) is 9.90 Å². The first-order valence-corrected chi connectivity index (χ1v) is 5.49. The second kappa shape index (κ2) is 4.73. The lowest BCUT2D eigenvalue weighted by Gasteiger charge is -2.22. The number of carbonyl (C=O) groups is 1. The largest absolute Gasteiger partial charge is 0.508 e. The zero-order valence-electron chi connectivity index (χ0n) is 9.67. The molecule has 0 spiro atoms. The molecule has 0 saturated carbocycles. The van der Waals surface area contributed by atoms with Gasteiger partial charge in [0, 0.05) is 24.8 Å². The van der Waals surface area contributed by atoms with E-state index in [2.05, 4.69) is 0 Å². The summed E-state index contributed by atoms with van der Waals surface area (Å²) >= 11 is 0. The Kier molecular flexibility index (Phi) is 3.31. The zero-order chi connectivity index (χ0) is 12.4. The van der Waals surface area contributed by atoms with Gasteiger partial charge in [-0.15, -0.1) is 0 Å². The number of nitrogens with two attached hydrogens (primary N) is 1. The van der Waals surface area contributed by atoms with E-state index in [4.69, 9.17) is 10.5 Å². The van der Waals surface area contributed by atoms with Crippen molar-refractivity contribution in [2.24, 2.45) is 11.7 Å². The Morgan fingerprint density at radius 2 is 2.29 bits per heavy atom. The van der Waals surface area contributed by atoms with Crippen molar-refractivity contribution in [3.63, 3.8) is 0 Å². The van der Waals surface area contributed by atoms with Crippen LogP contribution in [0.1, 0.15) is 0 Å². The van der Waals surface area contributed by atoms with Gasteiger partial charge in [-0.05, 0) is 12.1 Å². The van der Waals surface area contributed by atoms with Gasteiger partial charge in [-0.25, -0.2) is 0 Å². The lowest BCUT2D eigenvalue weighted by Crippen LogP contribution is -2.42. The monoisotopic (exact) mass is 236 g/mol. The average Bonchev–Trinajstić information content (AvgIpc) is 2.73. The summed E-state index contributed by atoms with van der Waals surface area (Å²) in [4.78, 5) is 13.7. The van der Waals surface area contributed by atoms with Crippen LogP contribution in [0.15, 0.2) is 24.3 Å². The van der Waals surface area contributed by atoms with Crippen LogP contribution in [0.2, 0.25) is 0 Å². The molecule has 1 fully saturated rings. The summed E-state index contributed by atoms with van der Waals surface area (Å²) in [5.74, 6) is -0.253. The zero-order valence-corrected chi connectivity index (χ0v) is 9.67. The molecule has 2 unspecified atom stereocenters. The van der Waals surface area contributed by atoms with Gasteiger partial charge in [-0.1, -0.05) is 6.07 Å². The van der Waals surface area contributed by atoms with Crippen LogP contribution >= 0.6 is 0 Å². The fourth-order valence-electron chi connectivity index (χ4n) is 1.90. The van der Waals surface area contributed by atoms with Crippen LogP contribution < -0.4 is 10.6 Å². The molecule has 1 aliphatic heterocycles. The number of phenolic OH excluding ortho intramolecular Hbond substituents is 1. The first-order chi connectivity index (χ1) is 8.09. The maximum absolute atomic E-state index is 12.2. The number of phenols is 1. The minimum absolute atomic E-state index is 0.0828. The van der Waals surface area contributed by atoms with Crippen molar-refractivity contribution in [1.82, 2.24) is 0 Å². The van der Waals surface area contributed by atoms with Crippen LogP contribution in [0, 0.1) is 5.92 Å². The summed E-state index contributed by atoms with van der Waals surface area (Å²) in [6.45, 7) is 0.785. The molecule has 0 aliphatic carbocycles. The molecule has 1 amide bonds. The Bertz CT molecular complexity index is 422. The summed E-state index contributed by atoms with van der Waals surface area (Å²) in [5.41, 5.74) is 6.45. The van der Waals surface area contributed by atoms with Gasteiger partial charge in [0.2, 0.25) is 5.91 Å². The Balaban J connectivity index is 2.14. The molecule has 5 heteroatoms. The van der Waals surface area contributed by atoms with Gasteiger partial charge in [0.25, 0.3) is 0 Å². The number of carbonyl (C=O) groups excluding carboxylic acids is 1. The summed E-state index contributed by atoms with van der Waals surface area (Å²) in [7, 11) is 1.67. The van der Waals surface area contributed by atoms with E-state index in [1.807, 2.05) is 0 Å². The summed E-state index contributed by atoms with van der Waals surface area (Å²) < 4.78 is 5.18. The van der Waals surface area contributed by atoms with Gasteiger partial charge in [-0.3, -0.25) is 4.79 Å². The maximum atomic E-state index is 12.2. The average molecular weight is 236 g/mol. The lowest BCUT2D eigenvalue weighted by molar-refractivity contribution is -0.122. The normalized spacial score (nSPS) is 23.6. The highest BCUT2D eigenvalue weighted by Crippen LogP contribution is 2.22. The molecule has 92 valence electrons. The van der Waals surface area contributed by atoms with E-state index in [0.29, 0.717) is 18.9 Å². The van der Waals surface area contributed by atoms with Gasteiger partial charge in [0.15, 0.2) is 0 Å². The highest BCUT2D eigenvalue weighted by molar-refractivity contribution is 5.95. The quantitative estimate of drug-likeness (QED) is 0.775. The van der Waals surface area contributed by atoms with Crippen molar-refractivity contribution in [2.75, 3.05) is 25.2 Å². The van der Waals surface area contributed by atoms with Crippen LogP contribution in [0.5, 0.6) is 5.75 Å². The third-order valence-corrected chi connectivity index (χ3v) is 2.99. The minimum Gasteiger partial charge on any atom is -0.508 e. The van der Waals surface area contributed by atoms with Crippen molar-refractivity contribution >= 4 is 11.6 Å². The molecule has 1 heterocycles. The van der Waals surface area contributed by atoms with Gasteiger partial charge < -0.3 is 20.5 Å². The molecule has 0 radical (unpaired) electrons. The molecule has 2 atom stereocenters. The van der Waals surface area contributed by atoms with Crippen LogP contribution in [0.25, 0.3) is 0 Å². The number of hydrogen-bond acceptors (Lipinski definition) is 4. The van der Waals surface area contributed by atoms with E-state index in [1.54, 1.807) is 31.3 Å². The third-order valence-electron chi connectivity index (χ3n) is 2.99. The minimum atomic E-state index is -0.303. The molecule has 0 bridgehead atoms. The van der Waals surface area contributed by atoms with Gasteiger partial charge in [0.05, 0.1) is 19.1 Å². The van der Waals surface area contributed by atoms with Crippen molar-refractivity contribution < 1.29 is 14.6 Å². The van der Waals surface area contributed by atoms with Crippen molar-refractivity contribution in [3.8, 4) is 5.75 Å². The van der Waals surface area contributed by atoms with E-state index in [1.165, 1.54) is 4.90 Å². The molecule has 2 rings (SSSR count). The third kappa shape index (κ3) is 2.40. The molecule has 0 aromatic heterocycles. The van der Waals surface area contributed by atoms with Crippen LogP contribution in [0.3, 0.4) is 0 Å². The number of aromatic hydroxyl groups is 1. The van der Waals surface area contributed by atoms with Crippen LogP contribution in [-0.4, -0.2) is 37.3 Å². The highest BCUT2D eigenvalue weighted by Gasteiger charge is 2.33. The molecule has 5 nitrogen and oxygen atoms in total. The second-order valence-corrected chi connectivity index (χ2v) is 4.22. The molecular weight excluding hydrogens is 220 g/mol. The van der Waals surface area contributed by atoms with Gasteiger partial charge in [0.1, 0.15) is 5.75 Å². The van der Waals surface area contributed by atoms with E-state index in [-0.39, 0.29) is 23.6 Å². The number of nitrogens with zero attached hydrogens (tertiary/aromatic N) is 1. The topological polar surface area (TPSA) is 75.8 Å². The molecule has 1 aromatic carbocycles. The molecular formula is C12H16N2O3. The van der Waals surface area contributed by atoms with Crippen LogP contribution in [0.4, 0.5) is 5.69 Å². The number of ether oxygens (including phenoxy) is 1. The standard InChI is InChI=1S/C12H16N2O3/c1-14(8-3-2-4-9(15)5-8)12(16)10-6-17-7-11(10)13/h2-5,10-11,15H,6-7,13H2,1H3. The highest BCUT2D eigenvalue weighted by atomic mass is 16.5. The predicted molar refractivity (Wildman–Crippen MR) is 63.8 cm³/mol. The molecule has 3 N–H and O–H groups in total. The Morgan fingerprint density at radius 3 is 2.88 bits per heavy atom. The summed E-state index contributed by atoms with van der Waals surface area (Å²) in [6, 6.07) is 6.31. The Labute approximate surface area is 99.8 Å².